The highest BCUT2D eigenvalue weighted by Crippen LogP contribution is 2.53. The van der Waals surface area contributed by atoms with Crippen LogP contribution < -0.4 is 14.4 Å². The zero-order valence-corrected chi connectivity index (χ0v) is 16.5. The first-order valence-electron chi connectivity index (χ1n) is 10.0. The molecule has 30 heavy (non-hydrogen) atoms. The number of hydrogen-bond acceptors (Lipinski definition) is 5. The van der Waals surface area contributed by atoms with Gasteiger partial charge in [0.05, 0.1) is 24.6 Å². The highest BCUT2D eigenvalue weighted by molar-refractivity contribution is 6.22. The van der Waals surface area contributed by atoms with Crippen molar-refractivity contribution in [3.63, 3.8) is 0 Å². The Morgan fingerprint density at radius 1 is 0.967 bits per heavy atom. The number of ether oxygens (including phenoxy) is 2. The van der Waals surface area contributed by atoms with Crippen LogP contribution >= 0.6 is 0 Å². The van der Waals surface area contributed by atoms with Crippen LogP contribution in [-0.4, -0.2) is 31.3 Å². The maximum Gasteiger partial charge on any atom is 0.238 e. The molecule has 0 N–H and O–H groups in total. The van der Waals surface area contributed by atoms with Gasteiger partial charge in [-0.05, 0) is 42.5 Å². The van der Waals surface area contributed by atoms with E-state index < -0.39 is 0 Å². The first-order valence-corrected chi connectivity index (χ1v) is 10.0. The Hall–Kier alpha value is -3.41. The molecular formula is C24H21NO5. The molecule has 0 spiro atoms. The Morgan fingerprint density at radius 2 is 1.63 bits per heavy atom. The molecule has 2 aromatic carbocycles. The third-order valence-corrected chi connectivity index (χ3v) is 6.31. The first-order chi connectivity index (χ1) is 14.6. The minimum Gasteiger partial charge on any atom is -0.497 e. The minimum absolute atomic E-state index is 0.133. The zero-order valence-electron chi connectivity index (χ0n) is 16.5. The predicted octanol–water partition coefficient (Wildman–Crippen LogP) is 3.27. The van der Waals surface area contributed by atoms with Gasteiger partial charge in [0.2, 0.25) is 11.8 Å². The third-order valence-electron chi connectivity index (χ3n) is 6.31. The molecule has 2 aliphatic carbocycles. The normalized spacial score (nSPS) is 26.2. The molecule has 2 fully saturated rings. The smallest absolute Gasteiger partial charge is 0.238 e. The lowest BCUT2D eigenvalue weighted by molar-refractivity contribution is -0.123. The number of ketones is 1. The van der Waals surface area contributed by atoms with Crippen molar-refractivity contribution < 1.29 is 23.9 Å². The highest BCUT2D eigenvalue weighted by Gasteiger charge is 2.59. The van der Waals surface area contributed by atoms with E-state index in [9.17, 15) is 14.4 Å². The van der Waals surface area contributed by atoms with Gasteiger partial charge in [-0.1, -0.05) is 30.4 Å². The van der Waals surface area contributed by atoms with E-state index in [1.54, 1.807) is 55.6 Å². The Kier molecular flexibility index (Phi) is 4.42. The van der Waals surface area contributed by atoms with Crippen LogP contribution in [0.4, 0.5) is 5.69 Å². The average Bonchev–Trinajstić information content (AvgIpc) is 3.46. The summed E-state index contributed by atoms with van der Waals surface area (Å²) < 4.78 is 10.8. The van der Waals surface area contributed by atoms with Crippen molar-refractivity contribution >= 4 is 23.3 Å². The van der Waals surface area contributed by atoms with E-state index in [1.807, 2.05) is 0 Å². The number of carbonyl (C=O) groups excluding carboxylic acids is 3. The van der Waals surface area contributed by atoms with Gasteiger partial charge in [-0.3, -0.25) is 14.4 Å². The lowest BCUT2D eigenvalue weighted by Crippen LogP contribution is -2.32. The van der Waals surface area contributed by atoms with Crippen molar-refractivity contribution in [2.45, 2.75) is 6.42 Å². The van der Waals surface area contributed by atoms with Crippen LogP contribution in [0.1, 0.15) is 16.8 Å². The minimum atomic E-state index is -0.244. The van der Waals surface area contributed by atoms with Gasteiger partial charge in [0.25, 0.3) is 0 Å². The number of imide groups is 1. The summed E-state index contributed by atoms with van der Waals surface area (Å²) in [7, 11) is 1.54. The van der Waals surface area contributed by atoms with Crippen molar-refractivity contribution in [1.29, 1.82) is 0 Å². The summed E-state index contributed by atoms with van der Waals surface area (Å²) in [5, 5.41) is 0. The number of hydrogen-bond donors (Lipinski definition) is 0. The molecular weight excluding hydrogens is 382 g/mol. The number of benzene rings is 2. The second-order valence-electron chi connectivity index (χ2n) is 7.95. The van der Waals surface area contributed by atoms with Crippen molar-refractivity contribution in [3.8, 4) is 11.5 Å². The summed E-state index contributed by atoms with van der Waals surface area (Å²) >= 11 is 0. The summed E-state index contributed by atoms with van der Waals surface area (Å²) in [5.74, 6) is 0.425. The molecule has 5 rings (SSSR count). The van der Waals surface area contributed by atoms with E-state index in [4.69, 9.17) is 9.47 Å². The van der Waals surface area contributed by atoms with Crippen molar-refractivity contribution in [2.75, 3.05) is 18.6 Å². The molecule has 1 aliphatic heterocycles. The zero-order chi connectivity index (χ0) is 20.8. The standard InChI is InChI=1S/C24H21NO5/c1-29-18-6-2-4-14(11-18)20(26)13-30-19-7-3-5-17(12-19)25-23(27)21-15-8-9-16(10-15)22(21)24(25)28/h2-9,11-12,15-16,21-22H,10,13H2,1H3/t15-,16+,21-,22-/m0/s1. The lowest BCUT2D eigenvalue weighted by atomic mass is 9.85. The molecule has 1 saturated heterocycles. The van der Waals surface area contributed by atoms with Crippen LogP contribution in [0.15, 0.2) is 60.7 Å². The molecule has 0 aromatic heterocycles. The van der Waals surface area contributed by atoms with Crippen molar-refractivity contribution in [3.05, 3.63) is 66.2 Å². The molecule has 4 atom stereocenters. The number of amides is 2. The van der Waals surface area contributed by atoms with E-state index in [0.29, 0.717) is 22.7 Å². The van der Waals surface area contributed by atoms with E-state index >= 15 is 0 Å². The summed E-state index contributed by atoms with van der Waals surface area (Å²) in [5.41, 5.74) is 0.983. The molecule has 6 nitrogen and oxygen atoms in total. The summed E-state index contributed by atoms with van der Waals surface area (Å²) in [6, 6.07) is 13.7. The average molecular weight is 403 g/mol. The molecule has 6 heteroatoms. The van der Waals surface area contributed by atoms with Crippen LogP contribution in [0.5, 0.6) is 11.5 Å². The maximum atomic E-state index is 13.0. The number of nitrogens with zero attached hydrogens (tertiary/aromatic N) is 1. The van der Waals surface area contributed by atoms with Gasteiger partial charge >= 0.3 is 0 Å². The molecule has 1 heterocycles. The fourth-order valence-electron chi connectivity index (χ4n) is 4.90. The number of methoxy groups -OCH3 is 1. The summed E-state index contributed by atoms with van der Waals surface area (Å²) in [6.45, 7) is -0.155. The molecule has 0 unspecified atom stereocenters. The van der Waals surface area contributed by atoms with Crippen LogP contribution in [0.2, 0.25) is 0 Å². The molecule has 1 saturated carbocycles. The monoisotopic (exact) mass is 403 g/mol. The molecule has 3 aliphatic rings. The van der Waals surface area contributed by atoms with Gasteiger partial charge in [-0.25, -0.2) is 4.90 Å². The lowest BCUT2D eigenvalue weighted by Gasteiger charge is -2.18. The highest BCUT2D eigenvalue weighted by atomic mass is 16.5. The molecule has 2 amide bonds. The Balaban J connectivity index is 1.31. The van der Waals surface area contributed by atoms with Crippen LogP contribution in [0.3, 0.4) is 0 Å². The summed E-state index contributed by atoms with van der Waals surface area (Å²) in [4.78, 5) is 39.7. The second-order valence-corrected chi connectivity index (χ2v) is 7.95. The fourth-order valence-corrected chi connectivity index (χ4v) is 4.90. The summed E-state index contributed by atoms with van der Waals surface area (Å²) in [6.07, 6.45) is 5.05. The number of anilines is 1. The molecule has 2 aromatic rings. The van der Waals surface area contributed by atoms with E-state index in [2.05, 4.69) is 12.2 Å². The van der Waals surface area contributed by atoms with Gasteiger partial charge in [0, 0.05) is 11.6 Å². The SMILES string of the molecule is COc1cccc(C(=O)COc2cccc(N3C(=O)[C@@H]4[C@@H](C3=O)[C@H]3C=C[C@@H]4C3)c2)c1. The van der Waals surface area contributed by atoms with Crippen LogP contribution in [-0.2, 0) is 9.59 Å². The number of fused-ring (bicyclic) bond motifs is 5. The van der Waals surface area contributed by atoms with Gasteiger partial charge in [-0.15, -0.1) is 0 Å². The van der Waals surface area contributed by atoms with Gasteiger partial charge in [0.1, 0.15) is 11.5 Å². The maximum absolute atomic E-state index is 13.0. The van der Waals surface area contributed by atoms with Gasteiger partial charge < -0.3 is 9.47 Å². The molecule has 152 valence electrons. The number of Topliss-reactive ketones (excluding diaryl/α,β-unsaturated/α-hetero) is 1. The van der Waals surface area contributed by atoms with E-state index in [1.165, 1.54) is 4.90 Å². The molecule has 2 bridgehead atoms. The Morgan fingerprint density at radius 3 is 2.33 bits per heavy atom. The van der Waals surface area contributed by atoms with Crippen LogP contribution in [0, 0.1) is 23.7 Å². The number of allylic oxidation sites excluding steroid dienone is 2. The third kappa shape index (κ3) is 2.91. The number of carbonyl (C=O) groups is 3. The van der Waals surface area contributed by atoms with Gasteiger partial charge in [0.15, 0.2) is 12.4 Å². The topological polar surface area (TPSA) is 72.9 Å². The van der Waals surface area contributed by atoms with E-state index in [-0.39, 0.29) is 47.9 Å². The Labute approximate surface area is 174 Å². The van der Waals surface area contributed by atoms with Gasteiger partial charge in [-0.2, -0.15) is 0 Å². The van der Waals surface area contributed by atoms with Crippen molar-refractivity contribution in [1.82, 2.24) is 0 Å². The fraction of sp³-hybridized carbons (Fsp3) is 0.292. The van der Waals surface area contributed by atoms with Crippen molar-refractivity contribution in [2.24, 2.45) is 23.7 Å². The largest absolute Gasteiger partial charge is 0.497 e. The second kappa shape index (κ2) is 7.13. The number of rotatable bonds is 6. The predicted molar refractivity (Wildman–Crippen MR) is 109 cm³/mol. The van der Waals surface area contributed by atoms with Crippen LogP contribution in [0.25, 0.3) is 0 Å². The Bertz CT molecular complexity index is 1040. The molecule has 0 radical (unpaired) electrons. The quantitative estimate of drug-likeness (QED) is 0.421. The van der Waals surface area contributed by atoms with E-state index in [0.717, 1.165) is 6.42 Å². The first kappa shape index (κ1) is 18.6.